The van der Waals surface area contributed by atoms with Gasteiger partial charge in [0.2, 0.25) is 0 Å². The fourth-order valence-corrected chi connectivity index (χ4v) is 3.68. The van der Waals surface area contributed by atoms with E-state index in [-0.39, 0.29) is 11.2 Å². The minimum atomic E-state index is -2.77. The Bertz CT molecular complexity index is 523. The van der Waals surface area contributed by atoms with Crippen LogP contribution in [-0.4, -0.2) is 37.7 Å². The number of alkyl halides is 2. The lowest BCUT2D eigenvalue weighted by molar-refractivity contribution is -0.0499. The fourth-order valence-electron chi connectivity index (χ4n) is 3.68. The van der Waals surface area contributed by atoms with Crippen LogP contribution < -0.4 is 10.1 Å². The number of hydrogen-bond acceptors (Lipinski definition) is 3. The van der Waals surface area contributed by atoms with Crippen LogP contribution in [0, 0.1) is 0 Å². The summed E-state index contributed by atoms with van der Waals surface area (Å²) in [6.45, 7) is 1.44. The minimum absolute atomic E-state index is 0.0277. The Morgan fingerprint density at radius 3 is 2.95 bits per heavy atom. The molecule has 1 N–H and O–H groups in total. The summed E-state index contributed by atoms with van der Waals surface area (Å²) in [7, 11) is 2.17. The lowest BCUT2D eigenvalue weighted by Gasteiger charge is -2.31. The van der Waals surface area contributed by atoms with Crippen LogP contribution in [0.3, 0.4) is 0 Å². The molecule has 21 heavy (non-hydrogen) atoms. The number of anilines is 1. The summed E-state index contributed by atoms with van der Waals surface area (Å²) in [6.07, 6.45) is 3.50. The molecule has 0 saturated carbocycles. The van der Waals surface area contributed by atoms with E-state index < -0.39 is 6.61 Å². The third kappa shape index (κ3) is 2.84. The van der Waals surface area contributed by atoms with Crippen molar-refractivity contribution in [3.05, 3.63) is 23.8 Å². The molecule has 0 aromatic heterocycles. The van der Waals surface area contributed by atoms with Crippen molar-refractivity contribution in [2.24, 2.45) is 0 Å². The van der Waals surface area contributed by atoms with Crippen LogP contribution in [0.1, 0.15) is 31.7 Å². The third-order valence-corrected chi connectivity index (χ3v) is 4.89. The van der Waals surface area contributed by atoms with E-state index in [1.165, 1.54) is 12.8 Å². The molecule has 1 aromatic rings. The molecule has 0 aliphatic carbocycles. The van der Waals surface area contributed by atoms with E-state index in [4.69, 9.17) is 0 Å². The van der Waals surface area contributed by atoms with E-state index in [2.05, 4.69) is 28.9 Å². The standard InChI is InChI=1S/C16H22F2N2O/c1-16(9-11-4-3-7-20(11)2)10-19-14-6-5-12(8-13(14)16)21-15(17)18/h5-6,8,11,15,19H,3-4,7,9-10H2,1-2H3/t11-,16?/m1/s1. The van der Waals surface area contributed by atoms with Crippen molar-refractivity contribution in [2.75, 3.05) is 25.5 Å². The first-order valence-electron chi connectivity index (χ1n) is 7.51. The first-order chi connectivity index (χ1) is 9.98. The number of nitrogens with one attached hydrogen (secondary N) is 1. The second-order valence-electron chi connectivity index (χ2n) is 6.48. The summed E-state index contributed by atoms with van der Waals surface area (Å²) in [5.74, 6) is 0.249. The van der Waals surface area contributed by atoms with E-state index in [1.807, 2.05) is 6.07 Å². The Morgan fingerprint density at radius 1 is 1.48 bits per heavy atom. The van der Waals surface area contributed by atoms with Crippen LogP contribution in [0.25, 0.3) is 0 Å². The van der Waals surface area contributed by atoms with E-state index in [0.717, 1.165) is 30.8 Å². The molecule has 5 heteroatoms. The van der Waals surface area contributed by atoms with Gasteiger partial charge in [-0.2, -0.15) is 8.78 Å². The van der Waals surface area contributed by atoms with Gasteiger partial charge in [-0.25, -0.2) is 0 Å². The number of benzene rings is 1. The maximum atomic E-state index is 12.4. The van der Waals surface area contributed by atoms with E-state index >= 15 is 0 Å². The average Bonchev–Trinajstić information content (AvgIpc) is 2.95. The van der Waals surface area contributed by atoms with Crippen LogP contribution in [-0.2, 0) is 5.41 Å². The number of ether oxygens (including phenoxy) is 1. The zero-order valence-corrected chi connectivity index (χ0v) is 12.5. The maximum Gasteiger partial charge on any atom is 0.387 e. The maximum absolute atomic E-state index is 12.4. The lowest BCUT2D eigenvalue weighted by Crippen LogP contribution is -2.35. The number of likely N-dealkylation sites (tertiary alicyclic amines) is 1. The smallest absolute Gasteiger partial charge is 0.387 e. The highest BCUT2D eigenvalue weighted by atomic mass is 19.3. The molecule has 0 amide bonds. The molecule has 1 fully saturated rings. The second kappa shape index (κ2) is 5.44. The van der Waals surface area contributed by atoms with Gasteiger partial charge in [0.15, 0.2) is 0 Å². The van der Waals surface area contributed by atoms with Crippen molar-refractivity contribution in [3.63, 3.8) is 0 Å². The Kier molecular flexibility index (Phi) is 3.78. The summed E-state index contributed by atoms with van der Waals surface area (Å²) in [6, 6.07) is 5.79. The molecule has 0 bridgehead atoms. The molecule has 1 aromatic carbocycles. The van der Waals surface area contributed by atoms with E-state index in [0.29, 0.717) is 6.04 Å². The predicted molar refractivity (Wildman–Crippen MR) is 79.2 cm³/mol. The Hall–Kier alpha value is -1.36. The molecule has 0 spiro atoms. The molecule has 0 radical (unpaired) electrons. The van der Waals surface area contributed by atoms with Gasteiger partial charge in [-0.3, -0.25) is 0 Å². The van der Waals surface area contributed by atoms with Crippen LogP contribution in [0.4, 0.5) is 14.5 Å². The number of rotatable bonds is 4. The number of fused-ring (bicyclic) bond motifs is 1. The molecule has 3 nitrogen and oxygen atoms in total. The molecule has 116 valence electrons. The van der Waals surface area contributed by atoms with Gasteiger partial charge in [0.1, 0.15) is 5.75 Å². The van der Waals surface area contributed by atoms with Gasteiger partial charge in [-0.1, -0.05) is 6.92 Å². The van der Waals surface area contributed by atoms with E-state index in [1.54, 1.807) is 12.1 Å². The number of halogens is 2. The van der Waals surface area contributed by atoms with Gasteiger partial charge in [0, 0.05) is 23.7 Å². The molecular weight excluding hydrogens is 274 g/mol. The van der Waals surface area contributed by atoms with Crippen molar-refractivity contribution >= 4 is 5.69 Å². The van der Waals surface area contributed by atoms with Crippen LogP contribution in [0.2, 0.25) is 0 Å². The molecule has 3 rings (SSSR count). The van der Waals surface area contributed by atoms with Gasteiger partial charge in [0.05, 0.1) is 0 Å². The van der Waals surface area contributed by atoms with Gasteiger partial charge in [-0.05, 0) is 56.6 Å². The van der Waals surface area contributed by atoms with E-state index in [9.17, 15) is 8.78 Å². The first kappa shape index (κ1) is 14.6. The molecule has 2 aliphatic heterocycles. The molecule has 2 heterocycles. The molecule has 2 atom stereocenters. The number of nitrogens with zero attached hydrogens (tertiary/aromatic N) is 1. The van der Waals surface area contributed by atoms with Crippen molar-refractivity contribution in [1.29, 1.82) is 0 Å². The largest absolute Gasteiger partial charge is 0.435 e. The summed E-state index contributed by atoms with van der Waals surface area (Å²) in [5, 5.41) is 3.40. The molecule has 1 saturated heterocycles. The van der Waals surface area contributed by atoms with Gasteiger partial charge in [-0.15, -0.1) is 0 Å². The summed E-state index contributed by atoms with van der Waals surface area (Å²) >= 11 is 0. The Morgan fingerprint density at radius 2 is 2.29 bits per heavy atom. The Labute approximate surface area is 124 Å². The third-order valence-electron chi connectivity index (χ3n) is 4.89. The summed E-state index contributed by atoms with van der Waals surface area (Å²) < 4.78 is 29.4. The van der Waals surface area contributed by atoms with Crippen molar-refractivity contribution in [1.82, 2.24) is 4.90 Å². The zero-order chi connectivity index (χ0) is 15.0. The highest BCUT2D eigenvalue weighted by Crippen LogP contribution is 2.43. The van der Waals surface area contributed by atoms with Gasteiger partial charge < -0.3 is 15.0 Å². The second-order valence-corrected chi connectivity index (χ2v) is 6.48. The van der Waals surface area contributed by atoms with Crippen LogP contribution in [0.5, 0.6) is 5.75 Å². The SMILES string of the molecule is CN1CCC[C@@H]1CC1(C)CNc2ccc(OC(F)F)cc21. The molecule has 1 unspecified atom stereocenters. The minimum Gasteiger partial charge on any atom is -0.435 e. The normalized spacial score (nSPS) is 28.7. The highest BCUT2D eigenvalue weighted by molar-refractivity contribution is 5.62. The molecular formula is C16H22F2N2O. The van der Waals surface area contributed by atoms with Crippen LogP contribution in [0.15, 0.2) is 18.2 Å². The van der Waals surface area contributed by atoms with Crippen molar-refractivity contribution in [2.45, 2.75) is 44.3 Å². The fraction of sp³-hybridized carbons (Fsp3) is 0.625. The summed E-state index contributed by atoms with van der Waals surface area (Å²) in [4.78, 5) is 2.41. The topological polar surface area (TPSA) is 24.5 Å². The lowest BCUT2D eigenvalue weighted by atomic mass is 9.78. The zero-order valence-electron chi connectivity index (χ0n) is 12.5. The quantitative estimate of drug-likeness (QED) is 0.921. The van der Waals surface area contributed by atoms with Crippen molar-refractivity contribution in [3.8, 4) is 5.75 Å². The van der Waals surface area contributed by atoms with Gasteiger partial charge >= 0.3 is 6.61 Å². The average molecular weight is 296 g/mol. The summed E-state index contributed by atoms with van der Waals surface area (Å²) in [5.41, 5.74) is 2.11. The first-order valence-corrected chi connectivity index (χ1v) is 7.51. The van der Waals surface area contributed by atoms with Crippen LogP contribution >= 0.6 is 0 Å². The Balaban J connectivity index is 1.83. The highest BCUT2D eigenvalue weighted by Gasteiger charge is 2.38. The monoisotopic (exact) mass is 296 g/mol. The predicted octanol–water partition coefficient (Wildman–Crippen LogP) is 3.46. The van der Waals surface area contributed by atoms with Gasteiger partial charge in [0.25, 0.3) is 0 Å². The number of hydrogen-bond donors (Lipinski definition) is 1. The molecule has 2 aliphatic rings. The van der Waals surface area contributed by atoms with Crippen molar-refractivity contribution < 1.29 is 13.5 Å².